The van der Waals surface area contributed by atoms with Crippen molar-refractivity contribution in [3.63, 3.8) is 0 Å². The van der Waals surface area contributed by atoms with Crippen molar-refractivity contribution in [2.45, 2.75) is 26.7 Å². The number of aromatic amines is 1. The van der Waals surface area contributed by atoms with Crippen molar-refractivity contribution in [2.75, 3.05) is 18.6 Å². The van der Waals surface area contributed by atoms with Crippen molar-refractivity contribution in [1.29, 1.82) is 5.26 Å². The molecule has 0 aliphatic carbocycles. The number of carbonyl (C=O) groups excluding carboxylic acids is 2. The molecule has 27 heavy (non-hydrogen) atoms. The minimum atomic E-state index is -0.520. The van der Waals surface area contributed by atoms with Gasteiger partial charge >= 0.3 is 5.97 Å². The molecule has 7 heteroatoms. The molecule has 7 nitrogen and oxygen atoms in total. The number of nitrogens with one attached hydrogen (secondary N) is 1. The van der Waals surface area contributed by atoms with Gasteiger partial charge in [0.15, 0.2) is 6.61 Å². The average Bonchev–Trinajstić information content (AvgIpc) is 2.66. The molecule has 1 aromatic heterocycles. The molecule has 0 unspecified atom stereocenters. The molecule has 0 radical (unpaired) electrons. The number of amides is 1. The Morgan fingerprint density at radius 2 is 1.89 bits per heavy atom. The second-order valence-corrected chi connectivity index (χ2v) is 6.12. The summed E-state index contributed by atoms with van der Waals surface area (Å²) in [6.07, 6.45) is 0.353. The fourth-order valence-corrected chi connectivity index (χ4v) is 2.75. The summed E-state index contributed by atoms with van der Waals surface area (Å²) in [7, 11) is 1.61. The van der Waals surface area contributed by atoms with Crippen molar-refractivity contribution in [2.24, 2.45) is 0 Å². The number of nitrogens with zero attached hydrogens (tertiary/aromatic N) is 2. The lowest BCUT2D eigenvalue weighted by molar-refractivity contribution is -0.147. The fraction of sp³-hybridized carbons (Fsp3) is 0.300. The van der Waals surface area contributed by atoms with E-state index in [4.69, 9.17) is 10.00 Å². The van der Waals surface area contributed by atoms with Crippen molar-refractivity contribution in [1.82, 2.24) is 4.98 Å². The predicted octanol–water partition coefficient (Wildman–Crippen LogP) is 2.00. The van der Waals surface area contributed by atoms with Crippen LogP contribution in [0.15, 0.2) is 35.1 Å². The molecule has 2 aromatic rings. The average molecular weight is 367 g/mol. The molecular formula is C20H21N3O4. The lowest BCUT2D eigenvalue weighted by atomic mass is 9.99. The van der Waals surface area contributed by atoms with E-state index in [1.165, 1.54) is 4.90 Å². The van der Waals surface area contributed by atoms with E-state index in [9.17, 15) is 14.4 Å². The molecule has 1 heterocycles. The summed E-state index contributed by atoms with van der Waals surface area (Å²) >= 11 is 0. The summed E-state index contributed by atoms with van der Waals surface area (Å²) in [4.78, 5) is 39.9. The summed E-state index contributed by atoms with van der Waals surface area (Å²) in [6, 6.07) is 10.9. The minimum Gasteiger partial charge on any atom is -0.456 e. The van der Waals surface area contributed by atoms with E-state index in [0.717, 1.165) is 5.56 Å². The molecule has 0 bridgehead atoms. The first-order valence-electron chi connectivity index (χ1n) is 8.44. The number of hydrogen-bond acceptors (Lipinski definition) is 5. The van der Waals surface area contributed by atoms with E-state index in [1.807, 2.05) is 24.3 Å². The van der Waals surface area contributed by atoms with Gasteiger partial charge < -0.3 is 14.6 Å². The Balaban J connectivity index is 1.93. The number of para-hydroxylation sites is 1. The van der Waals surface area contributed by atoms with Crippen molar-refractivity contribution < 1.29 is 14.3 Å². The zero-order chi connectivity index (χ0) is 20.0. The Kier molecular flexibility index (Phi) is 6.50. The van der Waals surface area contributed by atoms with Gasteiger partial charge in [0.1, 0.15) is 11.6 Å². The molecule has 0 aliphatic rings. The van der Waals surface area contributed by atoms with Gasteiger partial charge in [0.2, 0.25) is 0 Å². The maximum absolute atomic E-state index is 12.1. The van der Waals surface area contributed by atoms with Crippen LogP contribution in [0.3, 0.4) is 0 Å². The van der Waals surface area contributed by atoms with Crippen molar-refractivity contribution in [3.8, 4) is 6.07 Å². The summed E-state index contributed by atoms with van der Waals surface area (Å²) in [5.74, 6) is -0.856. The third-order valence-corrected chi connectivity index (χ3v) is 4.37. The van der Waals surface area contributed by atoms with Gasteiger partial charge in [0.05, 0.1) is 0 Å². The zero-order valence-corrected chi connectivity index (χ0v) is 15.5. The number of carbonyl (C=O) groups is 2. The standard InChI is InChI=1S/C20H21N3O4/c1-13-16(14(2)22-20(26)17(13)11-21)9-10-19(25)27-12-18(24)23(3)15-7-5-4-6-8-15/h4-8H,9-10,12H2,1-3H3,(H,22,26). The molecule has 0 spiro atoms. The van der Waals surface area contributed by atoms with Gasteiger partial charge in [0.25, 0.3) is 11.5 Å². The highest BCUT2D eigenvalue weighted by atomic mass is 16.5. The largest absolute Gasteiger partial charge is 0.456 e. The van der Waals surface area contributed by atoms with Crippen LogP contribution in [0.5, 0.6) is 0 Å². The van der Waals surface area contributed by atoms with E-state index in [-0.39, 0.29) is 24.5 Å². The van der Waals surface area contributed by atoms with Gasteiger partial charge in [0, 0.05) is 24.8 Å². The van der Waals surface area contributed by atoms with E-state index < -0.39 is 11.5 Å². The molecule has 0 atom stereocenters. The molecule has 1 aromatic carbocycles. The number of pyridine rings is 1. The number of esters is 1. The van der Waals surface area contributed by atoms with E-state index in [0.29, 0.717) is 23.4 Å². The number of ether oxygens (including phenoxy) is 1. The van der Waals surface area contributed by atoms with Gasteiger partial charge in [-0.3, -0.25) is 14.4 Å². The number of aromatic nitrogens is 1. The Hall–Kier alpha value is -3.40. The molecule has 0 saturated heterocycles. The van der Waals surface area contributed by atoms with E-state index in [1.54, 1.807) is 33.0 Å². The Morgan fingerprint density at radius 3 is 2.52 bits per heavy atom. The summed E-state index contributed by atoms with van der Waals surface area (Å²) in [5, 5.41) is 9.08. The number of anilines is 1. The van der Waals surface area contributed by atoms with Crippen LogP contribution in [0, 0.1) is 25.2 Å². The SMILES string of the molecule is Cc1[nH]c(=O)c(C#N)c(C)c1CCC(=O)OCC(=O)N(C)c1ccccc1. The number of rotatable bonds is 6. The van der Waals surface area contributed by atoms with E-state index in [2.05, 4.69) is 4.98 Å². The second-order valence-electron chi connectivity index (χ2n) is 6.12. The summed E-state index contributed by atoms with van der Waals surface area (Å²) < 4.78 is 5.06. The third kappa shape index (κ3) is 4.82. The highest BCUT2D eigenvalue weighted by Crippen LogP contribution is 2.15. The molecule has 0 saturated carbocycles. The number of hydrogen-bond donors (Lipinski definition) is 1. The van der Waals surface area contributed by atoms with Crippen LogP contribution in [-0.2, 0) is 20.7 Å². The molecule has 1 N–H and O–H groups in total. The van der Waals surface area contributed by atoms with Crippen LogP contribution < -0.4 is 10.5 Å². The van der Waals surface area contributed by atoms with Crippen LogP contribution in [0.4, 0.5) is 5.69 Å². The van der Waals surface area contributed by atoms with Crippen LogP contribution in [0.2, 0.25) is 0 Å². The Morgan fingerprint density at radius 1 is 1.22 bits per heavy atom. The van der Waals surface area contributed by atoms with Crippen LogP contribution >= 0.6 is 0 Å². The summed E-state index contributed by atoms with van der Waals surface area (Å²) in [5.41, 5.74) is 2.23. The van der Waals surface area contributed by atoms with Crippen molar-refractivity contribution in [3.05, 3.63) is 63.1 Å². The topological polar surface area (TPSA) is 103 Å². The molecule has 1 amide bonds. The number of likely N-dealkylation sites (N-methyl/N-ethyl adjacent to an activating group) is 1. The lowest BCUT2D eigenvalue weighted by Crippen LogP contribution is -2.31. The predicted molar refractivity (Wildman–Crippen MR) is 100 cm³/mol. The number of H-pyrrole nitrogens is 1. The Labute approximate surface area is 157 Å². The first kappa shape index (κ1) is 19.9. The first-order valence-corrected chi connectivity index (χ1v) is 8.44. The smallest absolute Gasteiger partial charge is 0.306 e. The summed E-state index contributed by atoms with van der Waals surface area (Å²) in [6.45, 7) is 3.05. The third-order valence-electron chi connectivity index (χ3n) is 4.37. The lowest BCUT2D eigenvalue weighted by Gasteiger charge is -2.17. The quantitative estimate of drug-likeness (QED) is 0.787. The molecule has 0 fully saturated rings. The van der Waals surface area contributed by atoms with Crippen molar-refractivity contribution >= 4 is 17.6 Å². The monoisotopic (exact) mass is 367 g/mol. The van der Waals surface area contributed by atoms with E-state index >= 15 is 0 Å². The maximum Gasteiger partial charge on any atom is 0.306 e. The molecule has 2 rings (SSSR count). The van der Waals surface area contributed by atoms with Gasteiger partial charge in [-0.05, 0) is 43.5 Å². The van der Waals surface area contributed by atoms with Gasteiger partial charge in [-0.15, -0.1) is 0 Å². The molecule has 140 valence electrons. The minimum absolute atomic E-state index is 0.0426. The molecule has 0 aliphatic heterocycles. The van der Waals surface area contributed by atoms with Crippen LogP contribution in [-0.4, -0.2) is 30.5 Å². The number of benzene rings is 1. The fourth-order valence-electron chi connectivity index (χ4n) is 2.75. The van der Waals surface area contributed by atoms with Crippen LogP contribution in [0.1, 0.15) is 28.8 Å². The maximum atomic E-state index is 12.1. The normalized spacial score (nSPS) is 10.1. The van der Waals surface area contributed by atoms with Gasteiger partial charge in [-0.2, -0.15) is 5.26 Å². The Bertz CT molecular complexity index is 942. The highest BCUT2D eigenvalue weighted by molar-refractivity contribution is 5.94. The zero-order valence-electron chi connectivity index (χ0n) is 15.5. The first-order chi connectivity index (χ1) is 12.8. The van der Waals surface area contributed by atoms with Gasteiger partial charge in [-0.25, -0.2) is 0 Å². The number of nitriles is 1. The molecular weight excluding hydrogens is 346 g/mol. The van der Waals surface area contributed by atoms with Gasteiger partial charge in [-0.1, -0.05) is 18.2 Å². The highest BCUT2D eigenvalue weighted by Gasteiger charge is 2.16. The number of aryl methyl sites for hydroxylation is 1. The van der Waals surface area contributed by atoms with Crippen LogP contribution in [0.25, 0.3) is 0 Å². The second kappa shape index (κ2) is 8.81.